The van der Waals surface area contributed by atoms with E-state index in [1.165, 1.54) is 14.1 Å². The fourth-order valence-corrected chi connectivity index (χ4v) is 1.87. The monoisotopic (exact) mass is 329 g/mol. The molecule has 0 bridgehead atoms. The molecule has 1 rings (SSSR count). The maximum absolute atomic E-state index is 11.1. The Morgan fingerprint density at radius 2 is 1.64 bits per heavy atom. The maximum Gasteiger partial charge on any atom is 0.406 e. The molecule has 0 spiro atoms. The van der Waals surface area contributed by atoms with E-state index in [0.717, 1.165) is 5.69 Å². The van der Waals surface area contributed by atoms with Crippen LogP contribution in [0.25, 0.3) is 0 Å². The highest BCUT2D eigenvalue weighted by atomic mass is 35.5. The molecule has 122 valence electrons. The Bertz CT molecular complexity index is 477. The molecule has 2 N–H and O–H groups in total. The summed E-state index contributed by atoms with van der Waals surface area (Å²) in [6.07, 6.45) is -0.986. The van der Waals surface area contributed by atoms with Crippen molar-refractivity contribution in [1.82, 2.24) is 10.6 Å². The Labute approximate surface area is 134 Å². The van der Waals surface area contributed by atoms with Crippen LogP contribution in [0.15, 0.2) is 24.3 Å². The molecule has 7 nitrogen and oxygen atoms in total. The van der Waals surface area contributed by atoms with Crippen molar-refractivity contribution in [3.8, 4) is 0 Å². The molecule has 2 amide bonds. The van der Waals surface area contributed by atoms with Crippen LogP contribution in [0.4, 0.5) is 15.3 Å². The van der Waals surface area contributed by atoms with Crippen LogP contribution in [0.5, 0.6) is 0 Å². The first-order chi connectivity index (χ1) is 10.6. The predicted molar refractivity (Wildman–Crippen MR) is 84.5 cm³/mol. The number of alkyl carbamates (subject to hydrolysis) is 2. The van der Waals surface area contributed by atoms with Crippen molar-refractivity contribution in [2.75, 3.05) is 45.3 Å². The smallest absolute Gasteiger partial charge is 0.406 e. The Hall–Kier alpha value is -2.15. The normalized spacial score (nSPS) is 9.77. The number of halogens is 1. The SMILES string of the molecule is CNC(=O)OCCN(CCOC(=O)NC)c1cccc(Cl)c1. The maximum atomic E-state index is 11.1. The molecule has 0 heterocycles. The first kappa shape index (κ1) is 17.9. The van der Waals surface area contributed by atoms with Crippen LogP contribution in [0.2, 0.25) is 5.02 Å². The van der Waals surface area contributed by atoms with Gasteiger partial charge in [0.1, 0.15) is 13.2 Å². The molecule has 22 heavy (non-hydrogen) atoms. The summed E-state index contributed by atoms with van der Waals surface area (Å²) in [5.41, 5.74) is 0.855. The fraction of sp³-hybridized carbons (Fsp3) is 0.429. The summed E-state index contributed by atoms with van der Waals surface area (Å²) >= 11 is 5.99. The van der Waals surface area contributed by atoms with Crippen LogP contribution in [0, 0.1) is 0 Å². The molecule has 0 saturated heterocycles. The van der Waals surface area contributed by atoms with Crippen LogP contribution >= 0.6 is 11.6 Å². The third-order valence-electron chi connectivity index (χ3n) is 2.77. The lowest BCUT2D eigenvalue weighted by atomic mass is 10.3. The van der Waals surface area contributed by atoms with Crippen molar-refractivity contribution in [3.05, 3.63) is 29.3 Å². The van der Waals surface area contributed by atoms with E-state index in [4.69, 9.17) is 21.1 Å². The van der Waals surface area contributed by atoms with Gasteiger partial charge in [-0.2, -0.15) is 0 Å². The largest absolute Gasteiger partial charge is 0.448 e. The zero-order chi connectivity index (χ0) is 16.4. The second-order valence-corrected chi connectivity index (χ2v) is 4.68. The van der Waals surface area contributed by atoms with Crippen molar-refractivity contribution in [3.63, 3.8) is 0 Å². The van der Waals surface area contributed by atoms with Gasteiger partial charge < -0.3 is 25.0 Å². The summed E-state index contributed by atoms with van der Waals surface area (Å²) in [4.78, 5) is 24.1. The van der Waals surface area contributed by atoms with Gasteiger partial charge in [-0.3, -0.25) is 0 Å². The molecule has 1 aromatic rings. The van der Waals surface area contributed by atoms with E-state index in [1.54, 1.807) is 12.1 Å². The van der Waals surface area contributed by atoms with E-state index in [2.05, 4.69) is 10.6 Å². The average Bonchev–Trinajstić information content (AvgIpc) is 2.52. The van der Waals surface area contributed by atoms with Crippen LogP contribution < -0.4 is 15.5 Å². The number of carbonyl (C=O) groups excluding carboxylic acids is 2. The van der Waals surface area contributed by atoms with Gasteiger partial charge in [0, 0.05) is 24.8 Å². The summed E-state index contributed by atoms with van der Waals surface area (Å²) in [7, 11) is 2.99. The standard InChI is InChI=1S/C14H20ClN3O4/c1-16-13(19)21-8-6-18(7-9-22-14(20)17-2)12-5-3-4-11(15)10-12/h3-5,10H,6-9H2,1-2H3,(H,16,19)(H,17,20). The van der Waals surface area contributed by atoms with Gasteiger partial charge in [-0.25, -0.2) is 9.59 Å². The third-order valence-corrected chi connectivity index (χ3v) is 3.01. The summed E-state index contributed by atoms with van der Waals surface area (Å²) in [5.74, 6) is 0. The zero-order valence-electron chi connectivity index (χ0n) is 12.6. The minimum Gasteiger partial charge on any atom is -0.448 e. The van der Waals surface area contributed by atoms with E-state index in [0.29, 0.717) is 18.1 Å². The van der Waals surface area contributed by atoms with Gasteiger partial charge in [-0.05, 0) is 18.2 Å². The highest BCUT2D eigenvalue weighted by Crippen LogP contribution is 2.19. The number of benzene rings is 1. The average molecular weight is 330 g/mol. The summed E-state index contributed by atoms with van der Waals surface area (Å²) in [6, 6.07) is 7.27. The number of amides is 2. The molecule has 0 aromatic heterocycles. The van der Waals surface area contributed by atoms with Gasteiger partial charge >= 0.3 is 12.2 Å². The minimum absolute atomic E-state index is 0.201. The summed E-state index contributed by atoms with van der Waals surface area (Å²) < 4.78 is 9.95. The van der Waals surface area contributed by atoms with Crippen molar-refractivity contribution in [1.29, 1.82) is 0 Å². The molecule has 0 aliphatic heterocycles. The van der Waals surface area contributed by atoms with Crippen LogP contribution in [0.1, 0.15) is 0 Å². The number of ether oxygens (including phenoxy) is 2. The molecule has 0 fully saturated rings. The number of rotatable bonds is 7. The number of hydrogen-bond acceptors (Lipinski definition) is 5. The quantitative estimate of drug-likeness (QED) is 0.798. The van der Waals surface area contributed by atoms with Gasteiger partial charge in [-0.15, -0.1) is 0 Å². The number of nitrogens with one attached hydrogen (secondary N) is 2. The Morgan fingerprint density at radius 1 is 1.09 bits per heavy atom. The molecular weight excluding hydrogens is 310 g/mol. The lowest BCUT2D eigenvalue weighted by Gasteiger charge is -2.24. The van der Waals surface area contributed by atoms with Gasteiger partial charge in [0.2, 0.25) is 0 Å². The molecule has 0 aliphatic carbocycles. The second kappa shape index (κ2) is 9.73. The molecule has 0 saturated carbocycles. The van der Waals surface area contributed by atoms with E-state index >= 15 is 0 Å². The van der Waals surface area contributed by atoms with Gasteiger partial charge in [-0.1, -0.05) is 17.7 Å². The highest BCUT2D eigenvalue weighted by Gasteiger charge is 2.09. The molecule has 8 heteroatoms. The molecular formula is C14H20ClN3O4. The zero-order valence-corrected chi connectivity index (χ0v) is 13.4. The van der Waals surface area contributed by atoms with Crippen molar-refractivity contribution in [2.24, 2.45) is 0 Å². The molecule has 1 aromatic carbocycles. The van der Waals surface area contributed by atoms with E-state index in [9.17, 15) is 9.59 Å². The third kappa shape index (κ3) is 6.53. The Kier molecular flexibility index (Phi) is 7.91. The Morgan fingerprint density at radius 3 is 2.09 bits per heavy atom. The first-order valence-corrected chi connectivity index (χ1v) is 7.14. The van der Waals surface area contributed by atoms with Crippen molar-refractivity contribution < 1.29 is 19.1 Å². The van der Waals surface area contributed by atoms with Crippen LogP contribution in [-0.4, -0.2) is 52.6 Å². The predicted octanol–water partition coefficient (Wildman–Crippen LogP) is 1.86. The van der Waals surface area contributed by atoms with Crippen molar-refractivity contribution >= 4 is 29.5 Å². The van der Waals surface area contributed by atoms with Gasteiger partial charge in [0.15, 0.2) is 0 Å². The van der Waals surface area contributed by atoms with Gasteiger partial charge in [0.05, 0.1) is 13.1 Å². The molecule has 0 atom stereocenters. The van der Waals surface area contributed by atoms with Crippen LogP contribution in [0.3, 0.4) is 0 Å². The first-order valence-electron chi connectivity index (χ1n) is 6.76. The van der Waals surface area contributed by atoms with E-state index in [1.807, 2.05) is 17.0 Å². The lowest BCUT2D eigenvalue weighted by molar-refractivity contribution is 0.146. The highest BCUT2D eigenvalue weighted by molar-refractivity contribution is 6.30. The fourth-order valence-electron chi connectivity index (χ4n) is 1.68. The van der Waals surface area contributed by atoms with E-state index < -0.39 is 12.2 Å². The Balaban J connectivity index is 2.60. The number of anilines is 1. The molecule has 0 unspecified atom stereocenters. The topological polar surface area (TPSA) is 79.9 Å². The summed E-state index contributed by atoms with van der Waals surface area (Å²) in [5, 5.41) is 5.35. The lowest BCUT2D eigenvalue weighted by Crippen LogP contribution is -2.34. The molecule has 0 radical (unpaired) electrons. The second-order valence-electron chi connectivity index (χ2n) is 4.24. The van der Waals surface area contributed by atoms with E-state index in [-0.39, 0.29) is 13.2 Å². The number of carbonyl (C=O) groups is 2. The van der Waals surface area contributed by atoms with Gasteiger partial charge in [0.25, 0.3) is 0 Å². The van der Waals surface area contributed by atoms with Crippen molar-refractivity contribution in [2.45, 2.75) is 0 Å². The number of nitrogens with zero attached hydrogens (tertiary/aromatic N) is 1. The van der Waals surface area contributed by atoms with Crippen LogP contribution in [-0.2, 0) is 9.47 Å². The molecule has 0 aliphatic rings. The summed E-state index contributed by atoms with van der Waals surface area (Å²) in [6.45, 7) is 1.30. The minimum atomic E-state index is -0.493. The number of hydrogen-bond donors (Lipinski definition) is 2.